The molecule has 0 saturated carbocycles. The molecule has 0 bridgehead atoms. The van der Waals surface area contributed by atoms with Crippen molar-refractivity contribution in [2.75, 3.05) is 0 Å². The summed E-state index contributed by atoms with van der Waals surface area (Å²) >= 11 is 1.50. The van der Waals surface area contributed by atoms with E-state index in [0.717, 1.165) is 27.8 Å². The van der Waals surface area contributed by atoms with E-state index in [-0.39, 0.29) is 5.82 Å². The molecular weight excluding hydrogens is 259 g/mol. The van der Waals surface area contributed by atoms with Gasteiger partial charge in [-0.3, -0.25) is 0 Å². The van der Waals surface area contributed by atoms with Gasteiger partial charge in [0.1, 0.15) is 5.82 Å². The SMILES string of the molecule is CCCCCCCC(O)c1cc2ccc(F)cc2s1. The number of benzene rings is 1. The third kappa shape index (κ3) is 4.02. The van der Waals surface area contributed by atoms with Gasteiger partial charge in [0.15, 0.2) is 0 Å². The minimum atomic E-state index is -0.401. The van der Waals surface area contributed by atoms with Crippen LogP contribution in [0, 0.1) is 5.82 Å². The molecule has 0 amide bonds. The van der Waals surface area contributed by atoms with E-state index in [2.05, 4.69) is 6.92 Å². The van der Waals surface area contributed by atoms with Crippen LogP contribution in [0.15, 0.2) is 24.3 Å². The number of thiophene rings is 1. The lowest BCUT2D eigenvalue weighted by Crippen LogP contribution is -1.94. The number of fused-ring (bicyclic) bond motifs is 1. The van der Waals surface area contributed by atoms with E-state index in [4.69, 9.17) is 0 Å². The highest BCUT2D eigenvalue weighted by atomic mass is 32.1. The average Bonchev–Trinajstić information content (AvgIpc) is 2.81. The van der Waals surface area contributed by atoms with Crippen molar-refractivity contribution in [3.8, 4) is 0 Å². The molecule has 3 heteroatoms. The van der Waals surface area contributed by atoms with Gasteiger partial charge in [-0.25, -0.2) is 4.39 Å². The second kappa shape index (κ2) is 7.01. The average molecular weight is 280 g/mol. The van der Waals surface area contributed by atoms with Crippen LogP contribution in [0.3, 0.4) is 0 Å². The summed E-state index contributed by atoms with van der Waals surface area (Å²) in [7, 11) is 0. The zero-order chi connectivity index (χ0) is 13.7. The third-order valence-corrected chi connectivity index (χ3v) is 4.61. The number of aliphatic hydroxyl groups is 1. The molecule has 0 radical (unpaired) electrons. The Morgan fingerprint density at radius 1 is 1.16 bits per heavy atom. The van der Waals surface area contributed by atoms with Gasteiger partial charge in [0.05, 0.1) is 6.10 Å². The van der Waals surface area contributed by atoms with Gasteiger partial charge in [0.2, 0.25) is 0 Å². The number of rotatable bonds is 7. The molecule has 104 valence electrons. The summed E-state index contributed by atoms with van der Waals surface area (Å²) in [6.07, 6.45) is 6.42. The highest BCUT2D eigenvalue weighted by molar-refractivity contribution is 7.19. The highest BCUT2D eigenvalue weighted by Crippen LogP contribution is 2.32. The lowest BCUT2D eigenvalue weighted by Gasteiger charge is -2.07. The van der Waals surface area contributed by atoms with Gasteiger partial charge in [0, 0.05) is 9.58 Å². The Hall–Kier alpha value is -0.930. The molecule has 0 fully saturated rings. The van der Waals surface area contributed by atoms with Crippen molar-refractivity contribution in [3.05, 3.63) is 35.0 Å². The van der Waals surface area contributed by atoms with Gasteiger partial charge >= 0.3 is 0 Å². The molecule has 19 heavy (non-hydrogen) atoms. The van der Waals surface area contributed by atoms with Crippen LogP contribution in [-0.2, 0) is 0 Å². The molecule has 1 aromatic carbocycles. The first-order valence-corrected chi connectivity index (χ1v) is 7.89. The molecule has 2 rings (SSSR count). The molecule has 1 unspecified atom stereocenters. The Morgan fingerprint density at radius 2 is 1.95 bits per heavy atom. The fourth-order valence-electron chi connectivity index (χ4n) is 2.27. The quantitative estimate of drug-likeness (QED) is 0.670. The van der Waals surface area contributed by atoms with E-state index in [9.17, 15) is 9.50 Å². The van der Waals surface area contributed by atoms with Crippen molar-refractivity contribution in [3.63, 3.8) is 0 Å². The van der Waals surface area contributed by atoms with Crippen LogP contribution in [0.25, 0.3) is 10.1 Å². The molecule has 2 aromatic rings. The number of unbranched alkanes of at least 4 members (excludes halogenated alkanes) is 4. The molecule has 0 saturated heterocycles. The van der Waals surface area contributed by atoms with Crippen molar-refractivity contribution in [1.29, 1.82) is 0 Å². The minimum absolute atomic E-state index is 0.213. The maximum absolute atomic E-state index is 13.1. The van der Waals surface area contributed by atoms with Crippen molar-refractivity contribution in [2.45, 2.75) is 51.6 Å². The lowest BCUT2D eigenvalue weighted by molar-refractivity contribution is 0.167. The Kier molecular flexibility index (Phi) is 5.34. The number of halogens is 1. The lowest BCUT2D eigenvalue weighted by atomic mass is 10.1. The van der Waals surface area contributed by atoms with Gasteiger partial charge < -0.3 is 5.11 Å². The van der Waals surface area contributed by atoms with Crippen LogP contribution in [-0.4, -0.2) is 5.11 Å². The summed E-state index contributed by atoms with van der Waals surface area (Å²) in [6, 6.07) is 6.77. The van der Waals surface area contributed by atoms with Crippen molar-refractivity contribution in [2.24, 2.45) is 0 Å². The summed E-state index contributed by atoms with van der Waals surface area (Å²) in [6.45, 7) is 2.20. The van der Waals surface area contributed by atoms with E-state index < -0.39 is 6.10 Å². The minimum Gasteiger partial charge on any atom is -0.388 e. The smallest absolute Gasteiger partial charge is 0.124 e. The molecule has 1 heterocycles. The topological polar surface area (TPSA) is 20.2 Å². The summed E-state index contributed by atoms with van der Waals surface area (Å²) < 4.78 is 14.0. The first-order valence-electron chi connectivity index (χ1n) is 7.07. The van der Waals surface area contributed by atoms with Gasteiger partial charge in [-0.15, -0.1) is 11.3 Å². The van der Waals surface area contributed by atoms with E-state index in [1.54, 1.807) is 6.07 Å². The van der Waals surface area contributed by atoms with E-state index in [1.807, 2.05) is 6.07 Å². The van der Waals surface area contributed by atoms with Crippen LogP contribution in [0.5, 0.6) is 0 Å². The predicted octanol–water partition coefficient (Wildman–Crippen LogP) is 5.43. The predicted molar refractivity (Wildman–Crippen MR) is 80.1 cm³/mol. The first-order chi connectivity index (χ1) is 9.20. The Labute approximate surface area is 118 Å². The maximum Gasteiger partial charge on any atom is 0.124 e. The van der Waals surface area contributed by atoms with Crippen LogP contribution in [0.2, 0.25) is 0 Å². The van der Waals surface area contributed by atoms with Crippen LogP contribution in [0.1, 0.15) is 56.4 Å². The first kappa shape index (κ1) is 14.5. The fraction of sp³-hybridized carbons (Fsp3) is 0.500. The van der Waals surface area contributed by atoms with Crippen molar-refractivity contribution < 1.29 is 9.50 Å². The third-order valence-electron chi connectivity index (χ3n) is 3.41. The molecule has 1 N–H and O–H groups in total. The van der Waals surface area contributed by atoms with Crippen LogP contribution in [0.4, 0.5) is 4.39 Å². The molecule has 0 aliphatic rings. The molecular formula is C16H21FOS. The molecule has 1 atom stereocenters. The second-order valence-corrected chi connectivity index (χ2v) is 6.16. The molecule has 0 aliphatic heterocycles. The summed E-state index contributed by atoms with van der Waals surface area (Å²) in [5.74, 6) is -0.213. The van der Waals surface area contributed by atoms with Crippen LogP contribution >= 0.6 is 11.3 Å². The molecule has 1 aromatic heterocycles. The number of hydrogen-bond donors (Lipinski definition) is 1. The Balaban J connectivity index is 1.91. The largest absolute Gasteiger partial charge is 0.388 e. The van der Waals surface area contributed by atoms with Crippen molar-refractivity contribution in [1.82, 2.24) is 0 Å². The molecule has 0 aliphatic carbocycles. The number of hydrogen-bond acceptors (Lipinski definition) is 2. The van der Waals surface area contributed by atoms with Gasteiger partial charge in [-0.1, -0.05) is 45.1 Å². The Morgan fingerprint density at radius 3 is 2.74 bits per heavy atom. The Bertz CT molecular complexity index is 520. The standard InChI is InChI=1S/C16H21FOS/c1-2-3-4-5-6-7-14(18)16-10-12-8-9-13(17)11-15(12)19-16/h8-11,14,18H,2-7H2,1H3. The highest BCUT2D eigenvalue weighted by Gasteiger charge is 2.11. The zero-order valence-electron chi connectivity index (χ0n) is 11.4. The monoisotopic (exact) mass is 280 g/mol. The molecule has 0 spiro atoms. The van der Waals surface area contributed by atoms with Crippen molar-refractivity contribution >= 4 is 21.4 Å². The van der Waals surface area contributed by atoms with Gasteiger partial charge in [-0.05, 0) is 30.0 Å². The van der Waals surface area contributed by atoms with E-state index in [0.29, 0.717) is 0 Å². The zero-order valence-corrected chi connectivity index (χ0v) is 12.2. The normalized spacial score (nSPS) is 13.0. The summed E-state index contributed by atoms with van der Waals surface area (Å²) in [5, 5.41) is 11.2. The second-order valence-electron chi connectivity index (χ2n) is 5.05. The van der Waals surface area contributed by atoms with Crippen LogP contribution < -0.4 is 0 Å². The van der Waals surface area contributed by atoms with E-state index in [1.165, 1.54) is 49.2 Å². The van der Waals surface area contributed by atoms with Gasteiger partial charge in [0.25, 0.3) is 0 Å². The molecule has 1 nitrogen and oxygen atoms in total. The fourth-order valence-corrected chi connectivity index (χ4v) is 3.38. The van der Waals surface area contributed by atoms with E-state index >= 15 is 0 Å². The maximum atomic E-state index is 13.1. The number of aliphatic hydroxyl groups excluding tert-OH is 1. The summed E-state index contributed by atoms with van der Waals surface area (Å²) in [4.78, 5) is 0.955. The van der Waals surface area contributed by atoms with Gasteiger partial charge in [-0.2, -0.15) is 0 Å². The summed E-state index contributed by atoms with van der Waals surface area (Å²) in [5.41, 5.74) is 0.